The zero-order chi connectivity index (χ0) is 22.5. The number of unbranched alkanes of at least 4 members (excludes halogenated alkanes) is 1. The molecule has 0 spiro atoms. The minimum absolute atomic E-state index is 0.0232. The summed E-state index contributed by atoms with van der Waals surface area (Å²) in [5.41, 5.74) is -5.53. The maximum absolute atomic E-state index is 14.0. The zero-order valence-corrected chi connectivity index (χ0v) is 16.6. The van der Waals surface area contributed by atoms with E-state index >= 15 is 0 Å². The molecule has 0 saturated heterocycles. The van der Waals surface area contributed by atoms with Gasteiger partial charge in [0.05, 0.1) is 0 Å². The van der Waals surface area contributed by atoms with Crippen LogP contribution in [0.3, 0.4) is 0 Å². The lowest BCUT2D eigenvalue weighted by Crippen LogP contribution is -2.61. The Hall–Kier alpha value is -1.47. The maximum Gasteiger partial charge on any atom is 0.457 e. The van der Waals surface area contributed by atoms with Crippen LogP contribution in [0.1, 0.15) is 29.6 Å². The van der Waals surface area contributed by atoms with Crippen molar-refractivity contribution in [1.82, 2.24) is 5.32 Å². The largest absolute Gasteiger partial charge is 0.457 e. The first-order valence-electron chi connectivity index (χ1n) is 8.04. The molecule has 1 aromatic rings. The van der Waals surface area contributed by atoms with E-state index in [1.54, 1.807) is 30.3 Å². The Bertz CT molecular complexity index is 716. The molecule has 0 aliphatic carbocycles. The van der Waals surface area contributed by atoms with Crippen LogP contribution in [0.4, 0.5) is 39.5 Å². The highest BCUT2D eigenvalue weighted by Gasteiger charge is 2.80. The molecule has 2 nitrogen and oxygen atoms in total. The van der Waals surface area contributed by atoms with Gasteiger partial charge in [-0.1, -0.05) is 18.2 Å². The molecule has 1 amide bonds. The van der Waals surface area contributed by atoms with Crippen molar-refractivity contribution < 1.29 is 44.3 Å². The third kappa shape index (κ3) is 6.25. The Kier molecular flexibility index (Phi) is 8.43. The fraction of sp³-hybridized carbons (Fsp3) is 0.471. The van der Waals surface area contributed by atoms with Gasteiger partial charge in [-0.3, -0.25) is 4.79 Å². The van der Waals surface area contributed by atoms with Crippen molar-refractivity contribution in [3.63, 3.8) is 0 Å². The van der Waals surface area contributed by atoms with Gasteiger partial charge in [0, 0.05) is 12.1 Å². The van der Waals surface area contributed by atoms with Crippen LogP contribution in [0.15, 0.2) is 40.0 Å². The summed E-state index contributed by atoms with van der Waals surface area (Å²) in [4.78, 5) is 11.8. The van der Waals surface area contributed by atoms with E-state index in [1.165, 1.54) is 0 Å². The van der Waals surface area contributed by atoms with E-state index < -0.39 is 39.5 Å². The molecule has 164 valence electrons. The number of halogens is 10. The molecule has 1 unspecified atom stereocenters. The Morgan fingerprint density at radius 1 is 0.897 bits per heavy atom. The lowest BCUT2D eigenvalue weighted by molar-refractivity contribution is -0.369. The Labute approximate surface area is 173 Å². The number of benzene rings is 1. The summed E-state index contributed by atoms with van der Waals surface area (Å²) < 4.78 is 115. The van der Waals surface area contributed by atoms with Crippen LogP contribution >= 0.6 is 22.6 Å². The van der Waals surface area contributed by atoms with E-state index in [9.17, 15) is 44.3 Å². The third-order valence-corrected chi connectivity index (χ3v) is 4.60. The number of rotatable bonds is 8. The summed E-state index contributed by atoms with van der Waals surface area (Å²) in [6.07, 6.45) is -14.1. The molecular formula is C17H15F9INO. The van der Waals surface area contributed by atoms with E-state index in [0.717, 1.165) is 22.6 Å². The van der Waals surface area contributed by atoms with Crippen LogP contribution in [-0.2, 0) is 0 Å². The molecule has 1 N–H and O–H groups in total. The van der Waals surface area contributed by atoms with Crippen molar-refractivity contribution >= 4 is 28.5 Å². The Morgan fingerprint density at radius 2 is 1.45 bits per heavy atom. The number of carbonyl (C=O) groups is 1. The topological polar surface area (TPSA) is 29.1 Å². The summed E-state index contributed by atoms with van der Waals surface area (Å²) in [6, 6.07) is 8.03. The second-order valence-corrected chi connectivity index (χ2v) is 7.34. The summed E-state index contributed by atoms with van der Waals surface area (Å²) >= 11 is 1.08. The van der Waals surface area contributed by atoms with Crippen LogP contribution in [0.2, 0.25) is 0 Å². The zero-order valence-electron chi connectivity index (χ0n) is 14.5. The van der Waals surface area contributed by atoms with Crippen LogP contribution in [0.25, 0.3) is 0 Å². The standard InChI is InChI=1S/C17H15F9INO/c18-14(16(21,22)23,15(19,20)17(24,25)26)10-12(27)8-4-5-9-28-13(29)11-6-2-1-3-7-11/h1-3,6-7,10H,4-5,8-9H2,(H,28,29). The highest BCUT2D eigenvalue weighted by Crippen LogP contribution is 2.54. The predicted octanol–water partition coefficient (Wildman–Crippen LogP) is 6.37. The van der Waals surface area contributed by atoms with Crippen molar-refractivity contribution in [1.29, 1.82) is 0 Å². The van der Waals surface area contributed by atoms with Gasteiger partial charge >= 0.3 is 18.3 Å². The van der Waals surface area contributed by atoms with E-state index in [2.05, 4.69) is 5.32 Å². The molecule has 0 aliphatic rings. The number of alkyl halides is 9. The van der Waals surface area contributed by atoms with E-state index in [0.29, 0.717) is 5.56 Å². The molecule has 0 saturated carbocycles. The van der Waals surface area contributed by atoms with Crippen molar-refractivity contribution in [2.45, 2.75) is 43.2 Å². The van der Waals surface area contributed by atoms with Gasteiger partial charge in [-0.15, -0.1) is 0 Å². The summed E-state index contributed by atoms with van der Waals surface area (Å²) in [7, 11) is 0. The van der Waals surface area contributed by atoms with E-state index in [4.69, 9.17) is 0 Å². The van der Waals surface area contributed by atoms with Gasteiger partial charge in [0.15, 0.2) is 0 Å². The van der Waals surface area contributed by atoms with Crippen molar-refractivity contribution in [2.75, 3.05) is 6.54 Å². The van der Waals surface area contributed by atoms with Crippen LogP contribution in [0, 0.1) is 0 Å². The minimum Gasteiger partial charge on any atom is -0.352 e. The van der Waals surface area contributed by atoms with E-state index in [-0.39, 0.29) is 25.8 Å². The minimum atomic E-state index is -6.73. The lowest BCUT2D eigenvalue weighted by Gasteiger charge is -2.34. The smallest absolute Gasteiger partial charge is 0.352 e. The quantitative estimate of drug-likeness (QED) is 0.229. The summed E-state index contributed by atoms with van der Waals surface area (Å²) in [5, 5.41) is 2.51. The molecule has 12 heteroatoms. The number of amides is 1. The number of carbonyl (C=O) groups excluding carboxylic acids is 1. The number of hydrogen-bond donors (Lipinski definition) is 1. The first kappa shape index (κ1) is 25.6. The molecule has 0 bridgehead atoms. The second kappa shape index (κ2) is 9.56. The third-order valence-electron chi connectivity index (χ3n) is 3.74. The molecule has 0 aromatic heterocycles. The van der Waals surface area contributed by atoms with Crippen molar-refractivity contribution in [3.8, 4) is 0 Å². The van der Waals surface area contributed by atoms with Gasteiger partial charge in [-0.2, -0.15) is 35.1 Å². The van der Waals surface area contributed by atoms with Gasteiger partial charge in [-0.25, -0.2) is 4.39 Å². The second-order valence-electron chi connectivity index (χ2n) is 5.95. The summed E-state index contributed by atoms with van der Waals surface area (Å²) in [6.45, 7) is 0.0798. The molecule has 0 aliphatic heterocycles. The molecule has 29 heavy (non-hydrogen) atoms. The SMILES string of the molecule is O=C(NCCCCC(I)=CC(F)(C(F)(F)F)C(F)(F)C(F)(F)F)c1ccccc1. The number of hydrogen-bond acceptors (Lipinski definition) is 1. The fourth-order valence-electron chi connectivity index (χ4n) is 2.16. The lowest BCUT2D eigenvalue weighted by atomic mass is 9.95. The number of nitrogens with one attached hydrogen (secondary N) is 1. The highest BCUT2D eigenvalue weighted by molar-refractivity contribution is 14.1. The predicted molar refractivity (Wildman–Crippen MR) is 95.6 cm³/mol. The maximum atomic E-state index is 14.0. The highest BCUT2D eigenvalue weighted by atomic mass is 127. The van der Waals surface area contributed by atoms with Crippen molar-refractivity contribution in [3.05, 3.63) is 45.6 Å². The molecule has 1 atom stereocenters. The normalized spacial score (nSPS) is 15.7. The van der Waals surface area contributed by atoms with Crippen LogP contribution in [-0.4, -0.2) is 36.4 Å². The average Bonchev–Trinajstić information content (AvgIpc) is 2.59. The van der Waals surface area contributed by atoms with Crippen LogP contribution < -0.4 is 5.32 Å². The number of allylic oxidation sites excluding steroid dienone is 2. The van der Waals surface area contributed by atoms with E-state index in [1.807, 2.05) is 0 Å². The monoisotopic (exact) mass is 547 g/mol. The first-order chi connectivity index (χ1) is 13.1. The Balaban J connectivity index is 2.70. The molecular weight excluding hydrogens is 532 g/mol. The first-order valence-corrected chi connectivity index (χ1v) is 9.12. The molecule has 1 rings (SSSR count). The molecule has 0 heterocycles. The van der Waals surface area contributed by atoms with Crippen LogP contribution in [0.5, 0.6) is 0 Å². The summed E-state index contributed by atoms with van der Waals surface area (Å²) in [5.74, 6) is -7.07. The van der Waals surface area contributed by atoms with Gasteiger partial charge in [0.1, 0.15) is 0 Å². The molecule has 0 fully saturated rings. The fourth-order valence-corrected chi connectivity index (χ4v) is 2.97. The molecule has 0 radical (unpaired) electrons. The van der Waals surface area contributed by atoms with Gasteiger partial charge in [0.2, 0.25) is 0 Å². The van der Waals surface area contributed by atoms with Crippen molar-refractivity contribution in [2.24, 2.45) is 0 Å². The van der Waals surface area contributed by atoms with Gasteiger partial charge < -0.3 is 5.32 Å². The Morgan fingerprint density at radius 3 is 1.93 bits per heavy atom. The van der Waals surface area contributed by atoms with Gasteiger partial charge in [0.25, 0.3) is 11.6 Å². The van der Waals surface area contributed by atoms with Gasteiger partial charge in [-0.05, 0) is 63.6 Å². The molecule has 1 aromatic carbocycles. The average molecular weight is 547 g/mol.